The van der Waals surface area contributed by atoms with Crippen molar-refractivity contribution in [3.05, 3.63) is 29.8 Å². The molecule has 1 atom stereocenters. The van der Waals surface area contributed by atoms with Crippen molar-refractivity contribution in [1.82, 2.24) is 5.32 Å². The normalized spacial score (nSPS) is 12.3. The minimum atomic E-state index is -0.0232. The van der Waals surface area contributed by atoms with Crippen LogP contribution in [0.5, 0.6) is 5.75 Å². The van der Waals surface area contributed by atoms with Crippen molar-refractivity contribution in [1.29, 1.82) is 0 Å². The predicted molar refractivity (Wildman–Crippen MR) is 81.1 cm³/mol. The molecule has 0 spiro atoms. The van der Waals surface area contributed by atoms with Gasteiger partial charge in [0.15, 0.2) is 0 Å². The highest BCUT2D eigenvalue weighted by molar-refractivity contribution is 5.27. The minimum absolute atomic E-state index is 0.0232. The first-order valence-corrected chi connectivity index (χ1v) is 7.35. The highest BCUT2D eigenvalue weighted by Gasteiger charge is 2.05. The molecule has 0 aliphatic rings. The number of benzene rings is 1. The number of unbranched alkanes of at least 4 members (excludes halogenated alkanes) is 2. The molecule has 0 aliphatic carbocycles. The Bertz CT molecular complexity index is 340. The summed E-state index contributed by atoms with van der Waals surface area (Å²) in [6, 6.07) is 8.05. The average Bonchev–Trinajstić information content (AvgIpc) is 2.49. The molecule has 4 heteroatoms. The van der Waals surface area contributed by atoms with E-state index in [1.807, 2.05) is 24.3 Å². The Hall–Kier alpha value is -1.10. The molecule has 0 amide bonds. The van der Waals surface area contributed by atoms with Gasteiger partial charge in [0, 0.05) is 13.7 Å². The van der Waals surface area contributed by atoms with Gasteiger partial charge in [0.25, 0.3) is 0 Å². The summed E-state index contributed by atoms with van der Waals surface area (Å²) in [5.74, 6) is 0.917. The molecule has 0 radical (unpaired) electrons. The fraction of sp³-hybridized carbons (Fsp3) is 0.625. The molecule has 1 aromatic carbocycles. The molecule has 1 unspecified atom stereocenters. The molecule has 114 valence electrons. The van der Waals surface area contributed by atoms with Crippen LogP contribution in [0.25, 0.3) is 0 Å². The summed E-state index contributed by atoms with van der Waals surface area (Å²) in [6.07, 6.45) is 3.53. The number of aliphatic hydroxyl groups excluding tert-OH is 1. The zero-order chi connectivity index (χ0) is 14.6. The molecular weight excluding hydrogens is 254 g/mol. The van der Waals surface area contributed by atoms with E-state index in [1.54, 1.807) is 7.11 Å². The number of hydrogen-bond donors (Lipinski definition) is 2. The van der Waals surface area contributed by atoms with Crippen LogP contribution < -0.4 is 10.1 Å². The van der Waals surface area contributed by atoms with Crippen molar-refractivity contribution >= 4 is 0 Å². The lowest BCUT2D eigenvalue weighted by atomic mass is 10.2. The quantitative estimate of drug-likeness (QED) is 0.611. The van der Waals surface area contributed by atoms with E-state index in [9.17, 15) is 0 Å². The molecule has 0 saturated carbocycles. The zero-order valence-electron chi connectivity index (χ0n) is 12.6. The van der Waals surface area contributed by atoms with Crippen molar-refractivity contribution in [2.45, 2.75) is 38.8 Å². The number of hydrogen-bond acceptors (Lipinski definition) is 4. The molecule has 20 heavy (non-hydrogen) atoms. The van der Waals surface area contributed by atoms with E-state index in [-0.39, 0.29) is 12.6 Å². The third-order valence-electron chi connectivity index (χ3n) is 3.12. The fourth-order valence-electron chi connectivity index (χ4n) is 1.89. The van der Waals surface area contributed by atoms with Crippen LogP contribution in [-0.4, -0.2) is 38.1 Å². The summed E-state index contributed by atoms with van der Waals surface area (Å²) in [5.41, 5.74) is 1.17. The first-order chi connectivity index (χ1) is 9.80. The first-order valence-electron chi connectivity index (χ1n) is 7.35. The molecule has 0 bridgehead atoms. The van der Waals surface area contributed by atoms with E-state index < -0.39 is 0 Å². The standard InChI is InChI=1S/C16H27NO3/c1-3-4-5-10-20-16-8-6-14(7-9-16)11-17-15(12-18)13-19-2/h6-9,15,17-18H,3-5,10-13H2,1-2H3. The van der Waals surface area contributed by atoms with Crippen molar-refractivity contribution in [3.63, 3.8) is 0 Å². The van der Waals surface area contributed by atoms with Gasteiger partial charge in [0.2, 0.25) is 0 Å². The predicted octanol–water partition coefficient (Wildman–Crippen LogP) is 2.35. The van der Waals surface area contributed by atoms with Crippen LogP contribution in [0.15, 0.2) is 24.3 Å². The molecular formula is C16H27NO3. The third-order valence-corrected chi connectivity index (χ3v) is 3.12. The summed E-state index contributed by atoms with van der Waals surface area (Å²) >= 11 is 0. The molecule has 4 nitrogen and oxygen atoms in total. The number of nitrogens with one attached hydrogen (secondary N) is 1. The summed E-state index contributed by atoms with van der Waals surface area (Å²) in [6.45, 7) is 4.27. The lowest BCUT2D eigenvalue weighted by molar-refractivity contribution is 0.128. The number of aliphatic hydroxyl groups is 1. The van der Waals surface area contributed by atoms with Gasteiger partial charge in [-0.15, -0.1) is 0 Å². The van der Waals surface area contributed by atoms with Crippen LogP contribution in [-0.2, 0) is 11.3 Å². The average molecular weight is 281 g/mol. The van der Waals surface area contributed by atoms with Gasteiger partial charge in [-0.2, -0.15) is 0 Å². The SMILES string of the molecule is CCCCCOc1ccc(CNC(CO)COC)cc1. The van der Waals surface area contributed by atoms with E-state index in [2.05, 4.69) is 12.2 Å². The van der Waals surface area contributed by atoms with Crippen LogP contribution in [0.1, 0.15) is 31.7 Å². The maximum Gasteiger partial charge on any atom is 0.119 e. The van der Waals surface area contributed by atoms with Gasteiger partial charge in [0.05, 0.1) is 25.9 Å². The summed E-state index contributed by atoms with van der Waals surface area (Å²) in [7, 11) is 1.63. The van der Waals surface area contributed by atoms with Gasteiger partial charge < -0.3 is 19.9 Å². The zero-order valence-corrected chi connectivity index (χ0v) is 12.6. The highest BCUT2D eigenvalue weighted by atomic mass is 16.5. The Morgan fingerprint density at radius 3 is 2.55 bits per heavy atom. The molecule has 0 saturated heterocycles. The Kier molecular flexibility index (Phi) is 9.04. The van der Waals surface area contributed by atoms with Gasteiger partial charge in [0.1, 0.15) is 5.75 Å². The van der Waals surface area contributed by atoms with Crippen molar-refractivity contribution < 1.29 is 14.6 Å². The Morgan fingerprint density at radius 1 is 1.20 bits per heavy atom. The van der Waals surface area contributed by atoms with Gasteiger partial charge in [-0.25, -0.2) is 0 Å². The van der Waals surface area contributed by atoms with Crippen LogP contribution in [0.4, 0.5) is 0 Å². The maximum atomic E-state index is 9.16. The van der Waals surface area contributed by atoms with Crippen LogP contribution >= 0.6 is 0 Å². The lowest BCUT2D eigenvalue weighted by Crippen LogP contribution is -2.35. The van der Waals surface area contributed by atoms with Crippen molar-refractivity contribution in [3.8, 4) is 5.75 Å². The van der Waals surface area contributed by atoms with Crippen molar-refractivity contribution in [2.24, 2.45) is 0 Å². The largest absolute Gasteiger partial charge is 0.494 e. The number of methoxy groups -OCH3 is 1. The smallest absolute Gasteiger partial charge is 0.119 e. The van der Waals surface area contributed by atoms with Gasteiger partial charge >= 0.3 is 0 Å². The summed E-state index contributed by atoms with van der Waals surface area (Å²) in [4.78, 5) is 0. The van der Waals surface area contributed by atoms with Gasteiger partial charge in [-0.3, -0.25) is 0 Å². The monoisotopic (exact) mass is 281 g/mol. The van der Waals surface area contributed by atoms with E-state index in [0.29, 0.717) is 13.2 Å². The van der Waals surface area contributed by atoms with E-state index in [4.69, 9.17) is 14.6 Å². The van der Waals surface area contributed by atoms with Gasteiger partial charge in [-0.05, 0) is 24.1 Å². The van der Waals surface area contributed by atoms with Crippen LogP contribution in [0.3, 0.4) is 0 Å². The molecule has 0 aliphatic heterocycles. The second kappa shape index (κ2) is 10.7. The molecule has 0 fully saturated rings. The van der Waals surface area contributed by atoms with E-state index in [1.165, 1.54) is 18.4 Å². The number of rotatable bonds is 11. The molecule has 0 aromatic heterocycles. The maximum absolute atomic E-state index is 9.16. The minimum Gasteiger partial charge on any atom is -0.494 e. The molecule has 2 N–H and O–H groups in total. The Morgan fingerprint density at radius 2 is 1.95 bits per heavy atom. The van der Waals surface area contributed by atoms with Crippen LogP contribution in [0, 0.1) is 0 Å². The first kappa shape index (κ1) is 17.0. The highest BCUT2D eigenvalue weighted by Crippen LogP contribution is 2.13. The Labute approximate surface area is 122 Å². The lowest BCUT2D eigenvalue weighted by Gasteiger charge is -2.15. The Balaban J connectivity index is 2.30. The van der Waals surface area contributed by atoms with Crippen LogP contribution in [0.2, 0.25) is 0 Å². The molecule has 0 heterocycles. The number of ether oxygens (including phenoxy) is 2. The molecule has 1 rings (SSSR count). The van der Waals surface area contributed by atoms with Crippen molar-refractivity contribution in [2.75, 3.05) is 26.9 Å². The summed E-state index contributed by atoms with van der Waals surface area (Å²) < 4.78 is 10.7. The second-order valence-corrected chi connectivity index (χ2v) is 4.92. The second-order valence-electron chi connectivity index (χ2n) is 4.92. The van der Waals surface area contributed by atoms with E-state index in [0.717, 1.165) is 18.8 Å². The van der Waals surface area contributed by atoms with Gasteiger partial charge in [-0.1, -0.05) is 31.9 Å². The summed E-state index contributed by atoms with van der Waals surface area (Å²) in [5, 5.41) is 12.4. The third kappa shape index (κ3) is 6.89. The fourth-order valence-corrected chi connectivity index (χ4v) is 1.89. The molecule has 1 aromatic rings. The van der Waals surface area contributed by atoms with E-state index >= 15 is 0 Å². The topological polar surface area (TPSA) is 50.7 Å².